The fourth-order valence-electron chi connectivity index (χ4n) is 2.58. The normalized spacial score (nSPS) is 16.3. The van der Waals surface area contributed by atoms with E-state index in [0.29, 0.717) is 0 Å². The Labute approximate surface area is 117 Å². The van der Waals surface area contributed by atoms with E-state index in [1.807, 2.05) is 11.3 Å². The van der Waals surface area contributed by atoms with Crippen molar-refractivity contribution >= 4 is 11.3 Å². The Hall–Kier alpha value is -1.20. The fraction of sp³-hybridized carbons (Fsp3) is 0.571. The minimum atomic E-state index is 0.252. The van der Waals surface area contributed by atoms with Gasteiger partial charge >= 0.3 is 0 Å². The summed E-state index contributed by atoms with van der Waals surface area (Å²) >= 11 is 1.85. The number of hydrogen-bond acceptors (Lipinski definition) is 4. The molecule has 1 atom stereocenters. The number of fused-ring (bicyclic) bond motifs is 1. The molecule has 102 valence electrons. The minimum Gasteiger partial charge on any atom is -0.314 e. The lowest BCUT2D eigenvalue weighted by Gasteiger charge is -2.18. The number of hydrogen-bond donors (Lipinski definition) is 1. The third-order valence-corrected chi connectivity index (χ3v) is 4.65. The Kier molecular flexibility index (Phi) is 3.66. The maximum Gasteiger partial charge on any atom is 0.149 e. The summed E-state index contributed by atoms with van der Waals surface area (Å²) in [6.07, 6.45) is 3.56. The molecule has 2 aromatic heterocycles. The van der Waals surface area contributed by atoms with Crippen LogP contribution in [0.15, 0.2) is 12.1 Å². The van der Waals surface area contributed by atoms with Crippen molar-refractivity contribution in [1.82, 2.24) is 20.1 Å². The van der Waals surface area contributed by atoms with Gasteiger partial charge in [0, 0.05) is 29.3 Å². The zero-order chi connectivity index (χ0) is 13.2. The van der Waals surface area contributed by atoms with Crippen LogP contribution < -0.4 is 5.32 Å². The van der Waals surface area contributed by atoms with Crippen LogP contribution in [0.2, 0.25) is 0 Å². The number of aromatic nitrogens is 3. The zero-order valence-corrected chi connectivity index (χ0v) is 12.3. The van der Waals surface area contributed by atoms with Crippen molar-refractivity contribution in [3.63, 3.8) is 0 Å². The number of rotatable bonds is 4. The molecule has 0 radical (unpaired) electrons. The molecule has 2 aromatic rings. The Morgan fingerprint density at radius 2 is 2.26 bits per heavy atom. The van der Waals surface area contributed by atoms with Gasteiger partial charge in [-0.3, -0.25) is 0 Å². The van der Waals surface area contributed by atoms with Crippen molar-refractivity contribution in [3.8, 4) is 0 Å². The van der Waals surface area contributed by atoms with Crippen LogP contribution in [0.1, 0.15) is 47.2 Å². The van der Waals surface area contributed by atoms with E-state index in [4.69, 9.17) is 0 Å². The summed E-state index contributed by atoms with van der Waals surface area (Å²) in [6.45, 7) is 6.29. The maximum absolute atomic E-state index is 4.37. The molecule has 0 aliphatic carbocycles. The SMILES string of the molecule is Cc1ccc(CN[C@@H](C)c2nnc3n2CCCC3)s1. The van der Waals surface area contributed by atoms with E-state index in [2.05, 4.69) is 46.1 Å². The summed E-state index contributed by atoms with van der Waals surface area (Å²) in [4.78, 5) is 2.74. The fourth-order valence-corrected chi connectivity index (χ4v) is 3.42. The number of aryl methyl sites for hydroxylation is 2. The van der Waals surface area contributed by atoms with Crippen molar-refractivity contribution in [2.24, 2.45) is 0 Å². The van der Waals surface area contributed by atoms with Gasteiger partial charge in [-0.15, -0.1) is 21.5 Å². The van der Waals surface area contributed by atoms with Gasteiger partial charge in [-0.2, -0.15) is 0 Å². The standard InChI is InChI=1S/C14H20N4S/c1-10-6-7-12(19-10)9-15-11(2)14-17-16-13-5-3-4-8-18(13)14/h6-7,11,15H,3-5,8-9H2,1-2H3/t11-/m0/s1. The second kappa shape index (κ2) is 5.43. The summed E-state index contributed by atoms with van der Waals surface area (Å²) in [7, 11) is 0. The van der Waals surface area contributed by atoms with Crippen LogP contribution in [0, 0.1) is 6.92 Å². The van der Waals surface area contributed by atoms with Gasteiger partial charge < -0.3 is 9.88 Å². The van der Waals surface area contributed by atoms with E-state index < -0.39 is 0 Å². The molecular formula is C14H20N4S. The first kappa shape index (κ1) is 12.8. The zero-order valence-electron chi connectivity index (χ0n) is 11.5. The summed E-state index contributed by atoms with van der Waals surface area (Å²) in [6, 6.07) is 4.62. The second-order valence-electron chi connectivity index (χ2n) is 5.20. The third kappa shape index (κ3) is 2.72. The molecule has 4 nitrogen and oxygen atoms in total. The molecule has 0 fully saturated rings. The molecule has 0 unspecified atom stereocenters. The Morgan fingerprint density at radius 3 is 3.05 bits per heavy atom. The van der Waals surface area contributed by atoms with Crippen molar-refractivity contribution in [2.75, 3.05) is 0 Å². The molecule has 19 heavy (non-hydrogen) atoms. The van der Waals surface area contributed by atoms with Crippen LogP contribution in [-0.2, 0) is 19.5 Å². The lowest BCUT2D eigenvalue weighted by molar-refractivity contribution is 0.466. The predicted octanol–water partition coefficient (Wildman–Crippen LogP) is 2.84. The van der Waals surface area contributed by atoms with Gasteiger partial charge in [-0.05, 0) is 38.8 Å². The summed E-state index contributed by atoms with van der Waals surface area (Å²) < 4.78 is 2.29. The predicted molar refractivity (Wildman–Crippen MR) is 77.3 cm³/mol. The van der Waals surface area contributed by atoms with Gasteiger partial charge in [0.2, 0.25) is 0 Å². The molecule has 1 N–H and O–H groups in total. The van der Waals surface area contributed by atoms with Crippen molar-refractivity contribution in [1.29, 1.82) is 0 Å². The molecule has 1 aliphatic rings. The summed E-state index contributed by atoms with van der Waals surface area (Å²) in [5.74, 6) is 2.24. The highest BCUT2D eigenvalue weighted by atomic mass is 32.1. The van der Waals surface area contributed by atoms with E-state index in [9.17, 15) is 0 Å². The van der Waals surface area contributed by atoms with Gasteiger partial charge in [0.25, 0.3) is 0 Å². The first-order valence-corrected chi connectivity index (χ1v) is 7.76. The monoisotopic (exact) mass is 276 g/mol. The molecule has 3 rings (SSSR count). The van der Waals surface area contributed by atoms with Crippen LogP contribution >= 0.6 is 11.3 Å². The lowest BCUT2D eigenvalue weighted by atomic mass is 10.1. The topological polar surface area (TPSA) is 42.7 Å². The largest absolute Gasteiger partial charge is 0.314 e. The molecule has 0 spiro atoms. The van der Waals surface area contributed by atoms with Crippen molar-refractivity contribution < 1.29 is 0 Å². The van der Waals surface area contributed by atoms with Gasteiger partial charge in [0.15, 0.2) is 0 Å². The Morgan fingerprint density at radius 1 is 1.37 bits per heavy atom. The lowest BCUT2D eigenvalue weighted by Crippen LogP contribution is -2.23. The highest BCUT2D eigenvalue weighted by Crippen LogP contribution is 2.20. The van der Waals surface area contributed by atoms with Gasteiger partial charge in [-0.25, -0.2) is 0 Å². The molecule has 1 aliphatic heterocycles. The first-order valence-electron chi connectivity index (χ1n) is 6.94. The molecule has 0 bridgehead atoms. The Bertz CT molecular complexity index is 558. The number of nitrogens with zero attached hydrogens (tertiary/aromatic N) is 3. The van der Waals surface area contributed by atoms with Gasteiger partial charge in [0.05, 0.1) is 6.04 Å². The molecular weight excluding hydrogens is 256 g/mol. The molecule has 0 amide bonds. The van der Waals surface area contributed by atoms with Crippen LogP contribution in [0.4, 0.5) is 0 Å². The molecule has 0 aromatic carbocycles. The number of nitrogens with one attached hydrogen (secondary N) is 1. The van der Waals surface area contributed by atoms with E-state index >= 15 is 0 Å². The average Bonchev–Trinajstić information content (AvgIpc) is 3.02. The van der Waals surface area contributed by atoms with Crippen molar-refractivity contribution in [2.45, 2.75) is 52.2 Å². The van der Waals surface area contributed by atoms with Crippen LogP contribution in [0.25, 0.3) is 0 Å². The highest BCUT2D eigenvalue weighted by Gasteiger charge is 2.19. The van der Waals surface area contributed by atoms with E-state index in [1.54, 1.807) is 0 Å². The average molecular weight is 276 g/mol. The molecule has 0 saturated heterocycles. The van der Waals surface area contributed by atoms with E-state index in [0.717, 1.165) is 31.2 Å². The summed E-state index contributed by atoms with van der Waals surface area (Å²) in [5.41, 5.74) is 0. The quantitative estimate of drug-likeness (QED) is 0.933. The highest BCUT2D eigenvalue weighted by molar-refractivity contribution is 7.11. The van der Waals surface area contributed by atoms with Crippen LogP contribution in [0.5, 0.6) is 0 Å². The van der Waals surface area contributed by atoms with Crippen LogP contribution in [0.3, 0.4) is 0 Å². The smallest absolute Gasteiger partial charge is 0.149 e. The second-order valence-corrected chi connectivity index (χ2v) is 6.57. The number of thiophene rings is 1. The Balaban J connectivity index is 1.67. The van der Waals surface area contributed by atoms with Gasteiger partial charge in [0.1, 0.15) is 11.6 Å². The molecule has 3 heterocycles. The van der Waals surface area contributed by atoms with E-state index in [-0.39, 0.29) is 6.04 Å². The van der Waals surface area contributed by atoms with Crippen molar-refractivity contribution in [3.05, 3.63) is 33.5 Å². The summed E-state index contributed by atoms with van der Waals surface area (Å²) in [5, 5.41) is 12.2. The minimum absolute atomic E-state index is 0.252. The maximum atomic E-state index is 4.37. The van der Waals surface area contributed by atoms with E-state index in [1.165, 1.54) is 22.6 Å². The third-order valence-electron chi connectivity index (χ3n) is 3.65. The molecule has 5 heteroatoms. The van der Waals surface area contributed by atoms with Crippen LogP contribution in [-0.4, -0.2) is 14.8 Å². The van der Waals surface area contributed by atoms with Gasteiger partial charge in [-0.1, -0.05) is 0 Å². The molecule has 0 saturated carbocycles. The first-order chi connectivity index (χ1) is 9.24.